The van der Waals surface area contributed by atoms with Crippen LogP contribution in [0.25, 0.3) is 11.0 Å². The average Bonchev–Trinajstić information content (AvgIpc) is 3.41. The fourth-order valence-electron chi connectivity index (χ4n) is 3.21. The van der Waals surface area contributed by atoms with E-state index in [2.05, 4.69) is 25.6 Å². The topological polar surface area (TPSA) is 99.8 Å². The van der Waals surface area contributed by atoms with Crippen molar-refractivity contribution < 1.29 is 9.59 Å². The Hall–Kier alpha value is -3.52. The smallest absolute Gasteiger partial charge is 0.228 e. The number of imidazole rings is 1. The number of nitrogens with zero attached hydrogens (tertiary/aromatic N) is 2. The first-order chi connectivity index (χ1) is 15.0. The number of amides is 2. The van der Waals surface area contributed by atoms with Crippen molar-refractivity contribution in [1.29, 1.82) is 0 Å². The lowest BCUT2D eigenvalue weighted by molar-refractivity contribution is -0.121. The molecule has 0 radical (unpaired) electrons. The molecule has 4 aromatic rings. The third kappa shape index (κ3) is 4.97. The van der Waals surface area contributed by atoms with Crippen LogP contribution in [0.1, 0.15) is 36.7 Å². The van der Waals surface area contributed by atoms with E-state index in [1.165, 1.54) is 11.3 Å². The highest BCUT2D eigenvalue weighted by Crippen LogP contribution is 2.25. The number of rotatable bonds is 7. The summed E-state index contributed by atoms with van der Waals surface area (Å²) in [4.78, 5) is 36.5. The molecule has 0 bridgehead atoms. The summed E-state index contributed by atoms with van der Waals surface area (Å²) in [5, 5.41) is 8.20. The number of benzene rings is 2. The van der Waals surface area contributed by atoms with E-state index in [9.17, 15) is 9.59 Å². The van der Waals surface area contributed by atoms with Gasteiger partial charge in [-0.15, -0.1) is 11.3 Å². The van der Waals surface area contributed by atoms with Crippen molar-refractivity contribution in [2.75, 3.05) is 5.32 Å². The molecule has 0 aliphatic rings. The number of aromatic nitrogens is 3. The van der Waals surface area contributed by atoms with Gasteiger partial charge in [-0.05, 0) is 23.3 Å². The fraction of sp³-hybridized carbons (Fsp3) is 0.217. The second-order valence-corrected chi connectivity index (χ2v) is 8.41. The standard InChI is InChI=1S/C23H23N5O2S/c1-14(2)22(30)28-23-26-17(12-31-23)11-20(29)27-21(15-6-4-3-5-7-15)16-8-9-18-19(10-16)25-13-24-18/h3-10,12-14,21H,11H2,1-2H3,(H,24,25)(H,27,29)(H,26,28,30). The molecule has 2 aromatic carbocycles. The van der Waals surface area contributed by atoms with Crippen LogP contribution in [0.15, 0.2) is 60.2 Å². The van der Waals surface area contributed by atoms with Crippen molar-refractivity contribution in [3.05, 3.63) is 77.1 Å². The number of anilines is 1. The Balaban J connectivity index is 1.51. The predicted octanol–water partition coefficient (Wildman–Crippen LogP) is 4.06. The second kappa shape index (κ2) is 9.09. The molecule has 2 aromatic heterocycles. The van der Waals surface area contributed by atoms with Gasteiger partial charge in [-0.2, -0.15) is 0 Å². The molecular weight excluding hydrogens is 410 g/mol. The number of nitrogens with one attached hydrogen (secondary N) is 3. The molecular formula is C23H23N5O2S. The predicted molar refractivity (Wildman–Crippen MR) is 122 cm³/mol. The number of H-pyrrole nitrogens is 1. The minimum atomic E-state index is -0.305. The molecule has 1 atom stereocenters. The molecule has 158 valence electrons. The number of hydrogen-bond acceptors (Lipinski definition) is 5. The van der Waals surface area contributed by atoms with Crippen LogP contribution in [-0.2, 0) is 16.0 Å². The zero-order valence-electron chi connectivity index (χ0n) is 17.3. The number of thiazole rings is 1. The molecule has 7 nitrogen and oxygen atoms in total. The van der Waals surface area contributed by atoms with Gasteiger partial charge in [-0.3, -0.25) is 9.59 Å². The van der Waals surface area contributed by atoms with Crippen LogP contribution in [-0.4, -0.2) is 26.8 Å². The number of fused-ring (bicyclic) bond motifs is 1. The van der Waals surface area contributed by atoms with Gasteiger partial charge in [0.05, 0.1) is 35.5 Å². The molecule has 0 saturated heterocycles. The Kier molecular flexibility index (Phi) is 6.08. The van der Waals surface area contributed by atoms with E-state index in [1.807, 2.05) is 62.4 Å². The Morgan fingerprint density at radius 3 is 2.68 bits per heavy atom. The Labute approximate surface area is 183 Å². The van der Waals surface area contributed by atoms with Crippen molar-refractivity contribution in [1.82, 2.24) is 20.3 Å². The largest absolute Gasteiger partial charge is 0.345 e. The van der Waals surface area contributed by atoms with Crippen LogP contribution in [0.2, 0.25) is 0 Å². The Morgan fingerprint density at radius 2 is 1.90 bits per heavy atom. The molecule has 0 fully saturated rings. The van der Waals surface area contributed by atoms with Gasteiger partial charge in [0, 0.05) is 11.3 Å². The van der Waals surface area contributed by atoms with Gasteiger partial charge in [0.2, 0.25) is 11.8 Å². The molecule has 3 N–H and O–H groups in total. The van der Waals surface area contributed by atoms with Gasteiger partial charge in [0.25, 0.3) is 0 Å². The highest BCUT2D eigenvalue weighted by atomic mass is 32.1. The van der Waals surface area contributed by atoms with E-state index in [0.717, 1.165) is 22.2 Å². The Morgan fingerprint density at radius 1 is 1.10 bits per heavy atom. The van der Waals surface area contributed by atoms with Crippen molar-refractivity contribution in [3.63, 3.8) is 0 Å². The zero-order chi connectivity index (χ0) is 21.8. The van der Waals surface area contributed by atoms with E-state index in [4.69, 9.17) is 0 Å². The third-order valence-electron chi connectivity index (χ3n) is 4.86. The first-order valence-electron chi connectivity index (χ1n) is 10.0. The lowest BCUT2D eigenvalue weighted by Gasteiger charge is -2.20. The van der Waals surface area contributed by atoms with Gasteiger partial charge >= 0.3 is 0 Å². The maximum Gasteiger partial charge on any atom is 0.228 e. The monoisotopic (exact) mass is 433 g/mol. The van der Waals surface area contributed by atoms with E-state index >= 15 is 0 Å². The number of aromatic amines is 1. The highest BCUT2D eigenvalue weighted by molar-refractivity contribution is 7.13. The summed E-state index contributed by atoms with van der Waals surface area (Å²) in [6.07, 6.45) is 1.78. The molecule has 8 heteroatoms. The fourth-order valence-corrected chi connectivity index (χ4v) is 3.92. The molecule has 4 rings (SSSR count). The summed E-state index contributed by atoms with van der Waals surface area (Å²) >= 11 is 1.32. The second-order valence-electron chi connectivity index (χ2n) is 7.56. The van der Waals surface area contributed by atoms with Gasteiger partial charge in [0.1, 0.15) is 0 Å². The van der Waals surface area contributed by atoms with E-state index in [1.54, 1.807) is 11.7 Å². The number of carbonyl (C=O) groups is 2. The van der Waals surface area contributed by atoms with Crippen LogP contribution in [0.3, 0.4) is 0 Å². The molecule has 0 saturated carbocycles. The molecule has 0 aliphatic carbocycles. The van der Waals surface area contributed by atoms with Crippen molar-refractivity contribution in [2.24, 2.45) is 5.92 Å². The summed E-state index contributed by atoms with van der Waals surface area (Å²) in [7, 11) is 0. The molecule has 0 spiro atoms. The normalized spacial score (nSPS) is 12.1. The summed E-state index contributed by atoms with van der Waals surface area (Å²) in [5.74, 6) is -0.372. The van der Waals surface area contributed by atoms with Crippen LogP contribution in [0.4, 0.5) is 5.13 Å². The maximum absolute atomic E-state index is 12.9. The maximum atomic E-state index is 12.9. The molecule has 31 heavy (non-hydrogen) atoms. The Bertz CT molecular complexity index is 1200. The first-order valence-corrected chi connectivity index (χ1v) is 10.9. The van der Waals surface area contributed by atoms with Crippen molar-refractivity contribution in [2.45, 2.75) is 26.3 Å². The third-order valence-corrected chi connectivity index (χ3v) is 5.67. The van der Waals surface area contributed by atoms with Gasteiger partial charge in [-0.1, -0.05) is 50.2 Å². The molecule has 1 unspecified atom stereocenters. The van der Waals surface area contributed by atoms with E-state index in [-0.39, 0.29) is 30.2 Å². The van der Waals surface area contributed by atoms with Gasteiger partial charge < -0.3 is 15.6 Å². The van der Waals surface area contributed by atoms with Crippen LogP contribution in [0, 0.1) is 5.92 Å². The summed E-state index contributed by atoms with van der Waals surface area (Å²) < 4.78 is 0. The molecule has 2 heterocycles. The SMILES string of the molecule is CC(C)C(=O)Nc1nc(CC(=O)NC(c2ccccc2)c2ccc3nc[nH]c3c2)cs1. The molecule has 2 amide bonds. The van der Waals surface area contributed by atoms with E-state index < -0.39 is 0 Å². The lowest BCUT2D eigenvalue weighted by Crippen LogP contribution is -2.30. The molecule has 0 aliphatic heterocycles. The van der Waals surface area contributed by atoms with Gasteiger partial charge in [0.15, 0.2) is 5.13 Å². The van der Waals surface area contributed by atoms with Crippen LogP contribution >= 0.6 is 11.3 Å². The minimum absolute atomic E-state index is 0.0938. The number of carbonyl (C=O) groups excluding carboxylic acids is 2. The van der Waals surface area contributed by atoms with Crippen molar-refractivity contribution >= 4 is 39.3 Å². The first kappa shape index (κ1) is 20.7. The summed E-state index contributed by atoms with van der Waals surface area (Å²) in [6.45, 7) is 3.64. The highest BCUT2D eigenvalue weighted by Gasteiger charge is 2.19. The zero-order valence-corrected chi connectivity index (χ0v) is 18.1. The van der Waals surface area contributed by atoms with Crippen LogP contribution < -0.4 is 10.6 Å². The van der Waals surface area contributed by atoms with E-state index in [0.29, 0.717) is 10.8 Å². The van der Waals surface area contributed by atoms with Gasteiger partial charge in [-0.25, -0.2) is 9.97 Å². The van der Waals surface area contributed by atoms with Crippen molar-refractivity contribution in [3.8, 4) is 0 Å². The quantitative estimate of drug-likeness (QED) is 0.409. The lowest BCUT2D eigenvalue weighted by atomic mass is 9.98. The summed E-state index contributed by atoms with van der Waals surface area (Å²) in [6, 6.07) is 15.4. The summed E-state index contributed by atoms with van der Waals surface area (Å²) in [5.41, 5.74) is 4.35. The minimum Gasteiger partial charge on any atom is -0.345 e. The number of hydrogen-bond donors (Lipinski definition) is 3. The van der Waals surface area contributed by atoms with Crippen LogP contribution in [0.5, 0.6) is 0 Å². The average molecular weight is 434 g/mol.